The van der Waals surface area contributed by atoms with E-state index in [4.69, 9.17) is 0 Å². The second-order valence-electron chi connectivity index (χ2n) is 5.79. The highest BCUT2D eigenvalue weighted by atomic mass is 16.4. The van der Waals surface area contributed by atoms with E-state index in [2.05, 4.69) is 0 Å². The molecule has 0 spiro atoms. The molecule has 2 heterocycles. The van der Waals surface area contributed by atoms with Gasteiger partial charge in [-0.15, -0.1) is 0 Å². The van der Waals surface area contributed by atoms with Crippen LogP contribution in [0.4, 0.5) is 4.79 Å². The number of nitrogens with zero attached hydrogens (tertiary/aromatic N) is 1. The van der Waals surface area contributed by atoms with E-state index >= 15 is 0 Å². The summed E-state index contributed by atoms with van der Waals surface area (Å²) in [5, 5.41) is 19.2. The van der Waals surface area contributed by atoms with E-state index < -0.39 is 6.09 Å². The molecule has 19 heavy (non-hydrogen) atoms. The highest BCUT2D eigenvalue weighted by molar-refractivity contribution is 5.67. The van der Waals surface area contributed by atoms with Crippen LogP contribution in [0, 0.1) is 0 Å². The van der Waals surface area contributed by atoms with Crippen molar-refractivity contribution in [3.8, 4) is 0 Å². The van der Waals surface area contributed by atoms with Crippen LogP contribution in [0.3, 0.4) is 0 Å². The molecule has 4 heteroatoms. The normalized spacial score (nSPS) is 33.4. The van der Waals surface area contributed by atoms with Gasteiger partial charge in [-0.3, -0.25) is 0 Å². The zero-order valence-electron chi connectivity index (χ0n) is 10.8. The fourth-order valence-corrected chi connectivity index (χ4v) is 3.91. The monoisotopic (exact) mass is 261 g/mol. The average Bonchev–Trinajstić information content (AvgIpc) is 2.72. The molecule has 1 amide bonds. The van der Waals surface area contributed by atoms with Crippen molar-refractivity contribution in [2.45, 2.75) is 43.2 Å². The van der Waals surface area contributed by atoms with Crippen LogP contribution in [0.25, 0.3) is 0 Å². The van der Waals surface area contributed by atoms with Crippen LogP contribution in [0.5, 0.6) is 0 Å². The van der Waals surface area contributed by atoms with Gasteiger partial charge in [0.1, 0.15) is 0 Å². The third-order valence-electron chi connectivity index (χ3n) is 4.78. The fraction of sp³-hybridized carbons (Fsp3) is 0.533. The van der Waals surface area contributed by atoms with Gasteiger partial charge in [0.25, 0.3) is 0 Å². The molecule has 2 saturated heterocycles. The van der Waals surface area contributed by atoms with Crippen molar-refractivity contribution >= 4 is 6.09 Å². The lowest BCUT2D eigenvalue weighted by Gasteiger charge is -2.45. The summed E-state index contributed by atoms with van der Waals surface area (Å²) >= 11 is 0. The first-order chi connectivity index (χ1) is 9.16. The van der Waals surface area contributed by atoms with Crippen molar-refractivity contribution in [2.24, 2.45) is 0 Å². The van der Waals surface area contributed by atoms with Crippen LogP contribution in [-0.2, 0) is 5.41 Å². The number of rotatable bonds is 2. The van der Waals surface area contributed by atoms with Gasteiger partial charge in [-0.05, 0) is 31.2 Å². The van der Waals surface area contributed by atoms with E-state index in [1.807, 2.05) is 30.3 Å². The summed E-state index contributed by atoms with van der Waals surface area (Å²) in [4.78, 5) is 12.9. The number of carboxylic acid groups (broad SMARTS) is 1. The van der Waals surface area contributed by atoms with Crippen molar-refractivity contribution in [1.29, 1.82) is 0 Å². The van der Waals surface area contributed by atoms with Gasteiger partial charge in [0.2, 0.25) is 0 Å². The van der Waals surface area contributed by atoms with Crippen molar-refractivity contribution < 1.29 is 15.0 Å². The molecule has 2 N–H and O–H groups in total. The minimum atomic E-state index is -0.813. The SMILES string of the molecule is O=C(O)N1C2CCC1CC(CO)(c1ccccc1)C2. The second-order valence-corrected chi connectivity index (χ2v) is 5.79. The maximum atomic E-state index is 11.3. The minimum Gasteiger partial charge on any atom is -0.465 e. The largest absolute Gasteiger partial charge is 0.465 e. The Hall–Kier alpha value is -1.55. The number of benzene rings is 1. The van der Waals surface area contributed by atoms with E-state index in [9.17, 15) is 15.0 Å². The lowest BCUT2D eigenvalue weighted by Crippen LogP contribution is -2.52. The number of hydrogen-bond donors (Lipinski definition) is 2. The lowest BCUT2D eigenvalue weighted by atomic mass is 9.70. The number of amides is 1. The predicted molar refractivity (Wildman–Crippen MR) is 71.1 cm³/mol. The average molecular weight is 261 g/mol. The fourth-order valence-electron chi connectivity index (χ4n) is 3.91. The molecule has 0 saturated carbocycles. The Morgan fingerprint density at radius 1 is 1.21 bits per heavy atom. The van der Waals surface area contributed by atoms with Crippen molar-refractivity contribution in [2.75, 3.05) is 6.61 Å². The number of aliphatic hydroxyl groups excluding tert-OH is 1. The molecule has 2 bridgehead atoms. The molecule has 2 unspecified atom stereocenters. The van der Waals surface area contributed by atoms with E-state index in [-0.39, 0.29) is 24.1 Å². The Labute approximate surface area is 112 Å². The van der Waals surface area contributed by atoms with Crippen molar-refractivity contribution in [3.63, 3.8) is 0 Å². The van der Waals surface area contributed by atoms with E-state index in [1.54, 1.807) is 4.90 Å². The molecule has 3 rings (SSSR count). The molecule has 0 aliphatic carbocycles. The highest BCUT2D eigenvalue weighted by Gasteiger charge is 2.50. The molecule has 1 aromatic carbocycles. The van der Waals surface area contributed by atoms with E-state index in [1.165, 1.54) is 0 Å². The molecule has 2 fully saturated rings. The zero-order valence-corrected chi connectivity index (χ0v) is 10.8. The van der Waals surface area contributed by atoms with E-state index in [0.29, 0.717) is 0 Å². The van der Waals surface area contributed by atoms with Crippen LogP contribution >= 0.6 is 0 Å². The first-order valence-corrected chi connectivity index (χ1v) is 6.84. The summed E-state index contributed by atoms with van der Waals surface area (Å²) in [5.74, 6) is 0. The standard InChI is InChI=1S/C15H19NO3/c17-10-15(11-4-2-1-3-5-11)8-12-6-7-13(9-15)16(12)14(18)19/h1-5,12-13,17H,6-10H2,(H,18,19). The molecule has 0 radical (unpaired) electrons. The van der Waals surface area contributed by atoms with Crippen LogP contribution in [-0.4, -0.2) is 39.9 Å². The summed E-state index contributed by atoms with van der Waals surface area (Å²) in [7, 11) is 0. The smallest absolute Gasteiger partial charge is 0.407 e. The molecule has 1 aromatic rings. The molecule has 2 aliphatic heterocycles. The summed E-state index contributed by atoms with van der Waals surface area (Å²) in [6.45, 7) is 0.0947. The van der Waals surface area contributed by atoms with E-state index in [0.717, 1.165) is 31.2 Å². The van der Waals surface area contributed by atoms with Gasteiger partial charge in [-0.1, -0.05) is 30.3 Å². The molecule has 2 atom stereocenters. The number of carbonyl (C=O) groups is 1. The first-order valence-electron chi connectivity index (χ1n) is 6.84. The highest BCUT2D eigenvalue weighted by Crippen LogP contribution is 2.46. The van der Waals surface area contributed by atoms with Crippen LogP contribution < -0.4 is 0 Å². The maximum Gasteiger partial charge on any atom is 0.407 e. The van der Waals surface area contributed by atoms with Crippen LogP contribution in [0.1, 0.15) is 31.2 Å². The van der Waals surface area contributed by atoms with Crippen molar-refractivity contribution in [3.05, 3.63) is 35.9 Å². The number of fused-ring (bicyclic) bond motifs is 2. The summed E-state index contributed by atoms with van der Waals surface area (Å²) < 4.78 is 0. The number of piperidine rings is 1. The molecule has 102 valence electrons. The molecule has 2 aliphatic rings. The molecule has 0 aromatic heterocycles. The lowest BCUT2D eigenvalue weighted by molar-refractivity contribution is 0.0494. The van der Waals surface area contributed by atoms with Crippen molar-refractivity contribution in [1.82, 2.24) is 4.90 Å². The zero-order chi connectivity index (χ0) is 13.5. The Balaban J connectivity index is 1.93. The Bertz CT molecular complexity index is 460. The molecular formula is C15H19NO3. The van der Waals surface area contributed by atoms with Gasteiger partial charge in [-0.25, -0.2) is 4.79 Å². The van der Waals surface area contributed by atoms with Gasteiger partial charge >= 0.3 is 6.09 Å². The summed E-state index contributed by atoms with van der Waals surface area (Å²) in [6.07, 6.45) is 2.50. The van der Waals surface area contributed by atoms with Gasteiger partial charge in [0.05, 0.1) is 6.61 Å². The Morgan fingerprint density at radius 3 is 2.26 bits per heavy atom. The number of aliphatic hydroxyl groups is 1. The third kappa shape index (κ3) is 1.91. The van der Waals surface area contributed by atoms with Gasteiger partial charge in [0, 0.05) is 17.5 Å². The second kappa shape index (κ2) is 4.53. The van der Waals surface area contributed by atoms with Gasteiger partial charge in [-0.2, -0.15) is 0 Å². The quantitative estimate of drug-likeness (QED) is 0.858. The molecular weight excluding hydrogens is 242 g/mol. The van der Waals surface area contributed by atoms with Gasteiger partial charge < -0.3 is 15.1 Å². The number of hydrogen-bond acceptors (Lipinski definition) is 2. The summed E-state index contributed by atoms with van der Waals surface area (Å²) in [6, 6.07) is 10.1. The Morgan fingerprint density at radius 2 is 1.79 bits per heavy atom. The van der Waals surface area contributed by atoms with Crippen LogP contribution in [0.2, 0.25) is 0 Å². The maximum absolute atomic E-state index is 11.3. The van der Waals surface area contributed by atoms with Gasteiger partial charge in [0.15, 0.2) is 0 Å². The first kappa shape index (κ1) is 12.5. The predicted octanol–water partition coefficient (Wildman–Crippen LogP) is 2.22. The topological polar surface area (TPSA) is 60.8 Å². The Kier molecular flexibility index (Phi) is 2.97. The molecule has 4 nitrogen and oxygen atoms in total. The minimum absolute atomic E-state index is 0.0589. The van der Waals surface area contributed by atoms with Crippen LogP contribution in [0.15, 0.2) is 30.3 Å². The summed E-state index contributed by atoms with van der Waals surface area (Å²) in [5.41, 5.74) is 0.874. The third-order valence-corrected chi connectivity index (χ3v) is 4.78.